The molecular weight excluding hydrogens is 560 g/mol. The Hall–Kier alpha value is -5.30. The minimum atomic E-state index is -3.91. The minimum absolute atomic E-state index is 0.0469. The van der Waals surface area contributed by atoms with Crippen LogP contribution in [0.25, 0.3) is 16.9 Å². The molecule has 1 amide bonds. The Bertz CT molecular complexity index is 1800. The average Bonchev–Trinajstić information content (AvgIpc) is 2.93. The van der Waals surface area contributed by atoms with Crippen LogP contribution < -0.4 is 5.32 Å². The van der Waals surface area contributed by atoms with Crippen LogP contribution in [0.4, 0.5) is 14.6 Å². The number of nitrogens with one attached hydrogen (secondary N) is 1. The first-order valence-corrected chi connectivity index (χ1v) is 13.1. The fraction of sp³-hybridized carbons (Fsp3) is 0.0357. The molecule has 0 radical (unpaired) electrons. The number of aliphatic hydroxyl groups is 1. The number of fused-ring (bicyclic) bond motifs is 1. The summed E-state index contributed by atoms with van der Waals surface area (Å²) in [5.74, 6) is -4.15. The topological polar surface area (TPSA) is 157 Å². The molecule has 4 N–H and O–H groups in total. The van der Waals surface area contributed by atoms with E-state index in [9.17, 15) is 37.0 Å². The van der Waals surface area contributed by atoms with Crippen LogP contribution in [0.3, 0.4) is 0 Å². The normalized spacial score (nSPS) is 13.5. The van der Waals surface area contributed by atoms with Crippen molar-refractivity contribution >= 4 is 33.5 Å². The summed E-state index contributed by atoms with van der Waals surface area (Å²) in [6, 6.07) is 17.5. The number of carbonyl (C=O) groups is 2. The van der Waals surface area contributed by atoms with Crippen molar-refractivity contribution in [1.29, 1.82) is 0 Å². The van der Waals surface area contributed by atoms with E-state index in [1.54, 1.807) is 30.3 Å². The van der Waals surface area contributed by atoms with Crippen LogP contribution >= 0.6 is 0 Å². The number of hydrogen-bond donors (Lipinski definition) is 4. The summed E-state index contributed by atoms with van der Waals surface area (Å²) in [6.45, 7) is 0. The van der Waals surface area contributed by atoms with Crippen molar-refractivity contribution in [1.82, 2.24) is 9.29 Å². The van der Waals surface area contributed by atoms with Gasteiger partial charge in [0.25, 0.3) is 15.9 Å². The van der Waals surface area contributed by atoms with Crippen molar-refractivity contribution in [2.24, 2.45) is 0 Å². The molecular formula is C28H21F2N3O7S. The van der Waals surface area contributed by atoms with Gasteiger partial charge >= 0.3 is 5.97 Å². The third kappa shape index (κ3) is 5.84. The van der Waals surface area contributed by atoms with Crippen LogP contribution in [0, 0.1) is 11.6 Å². The van der Waals surface area contributed by atoms with E-state index < -0.39 is 45.0 Å². The molecule has 0 spiro atoms. The number of carboxylic acids is 1. The Morgan fingerprint density at radius 2 is 1.61 bits per heavy atom. The molecule has 3 aromatic carbocycles. The van der Waals surface area contributed by atoms with Crippen molar-refractivity contribution < 1.29 is 42.1 Å². The van der Waals surface area contributed by atoms with Crippen molar-refractivity contribution in [3.63, 3.8) is 0 Å². The van der Waals surface area contributed by atoms with Gasteiger partial charge in [-0.3, -0.25) is 9.10 Å². The number of halogens is 2. The number of phenols is 1. The lowest BCUT2D eigenvalue weighted by atomic mass is 10.0. The van der Waals surface area contributed by atoms with Gasteiger partial charge in [0.2, 0.25) is 0 Å². The summed E-state index contributed by atoms with van der Waals surface area (Å²) < 4.78 is 52.1. The monoisotopic (exact) mass is 581 g/mol. The second-order valence-electron chi connectivity index (χ2n) is 8.50. The summed E-state index contributed by atoms with van der Waals surface area (Å²) >= 11 is 0. The molecule has 10 nitrogen and oxygen atoms in total. The summed E-state index contributed by atoms with van der Waals surface area (Å²) in [6.07, 6.45) is 1.49. The molecule has 0 saturated carbocycles. The van der Waals surface area contributed by atoms with Crippen molar-refractivity contribution in [2.75, 3.05) is 12.4 Å². The first-order valence-electron chi connectivity index (χ1n) is 11.7. The highest BCUT2D eigenvalue weighted by Crippen LogP contribution is 2.34. The number of aromatic nitrogens is 1. The number of hydrogen-bond acceptors (Lipinski definition) is 7. The Labute approximate surface area is 232 Å². The first-order chi connectivity index (χ1) is 19.4. The van der Waals surface area contributed by atoms with Crippen LogP contribution in [-0.4, -0.2) is 52.0 Å². The predicted molar refractivity (Wildman–Crippen MR) is 144 cm³/mol. The van der Waals surface area contributed by atoms with Gasteiger partial charge in [-0.05, 0) is 54.1 Å². The zero-order valence-electron chi connectivity index (χ0n) is 21.1. The molecule has 0 saturated heterocycles. The molecule has 1 aliphatic heterocycles. The van der Waals surface area contributed by atoms with E-state index in [0.29, 0.717) is 6.07 Å². The summed E-state index contributed by atoms with van der Waals surface area (Å²) in [7, 11) is -2.69. The first kappa shape index (κ1) is 28.7. The number of likely N-dealkylation sites (N-methyl/N-ethyl adjacent to an activating group) is 1. The number of aromatic carboxylic acids is 1. The second kappa shape index (κ2) is 11.4. The van der Waals surface area contributed by atoms with Gasteiger partial charge in [-0.2, -0.15) is 0 Å². The third-order valence-electron chi connectivity index (χ3n) is 5.91. The number of aromatic hydroxyl groups is 1. The quantitative estimate of drug-likeness (QED) is 0.272. The van der Waals surface area contributed by atoms with Crippen LogP contribution in [0.1, 0.15) is 15.9 Å². The molecule has 13 heteroatoms. The van der Waals surface area contributed by atoms with E-state index >= 15 is 0 Å². The van der Waals surface area contributed by atoms with Gasteiger partial charge in [-0.1, -0.05) is 24.3 Å². The molecule has 210 valence electrons. The number of benzene rings is 3. The summed E-state index contributed by atoms with van der Waals surface area (Å²) in [5, 5.41) is 31.0. The third-order valence-corrected chi connectivity index (χ3v) is 7.73. The number of pyridine rings is 1. The standard InChI is InChI=1S/C15H13N3O4S.C13H8F2O3/c1-18-13(15(20)17-12-8-4-5-9-16-12)14(19)10-6-2-3-7-11(10)23(18,21)22;14-8-2-3-9(11(15)6-8)7-1-4-12(16)10(5-7)13(17)18/h2-9,19H,1H3,(H,16,17,20);1-6,16H,(H,17,18). The van der Waals surface area contributed by atoms with E-state index in [0.717, 1.165) is 22.5 Å². The molecule has 0 fully saturated rings. The largest absolute Gasteiger partial charge is 0.507 e. The average molecular weight is 582 g/mol. The lowest BCUT2D eigenvalue weighted by molar-refractivity contribution is -0.113. The van der Waals surface area contributed by atoms with Crippen LogP contribution in [0.15, 0.2) is 95.7 Å². The van der Waals surface area contributed by atoms with Gasteiger partial charge in [-0.25, -0.2) is 27.0 Å². The van der Waals surface area contributed by atoms with Gasteiger partial charge in [0.15, 0.2) is 11.5 Å². The molecule has 4 aromatic rings. The Morgan fingerprint density at radius 1 is 0.902 bits per heavy atom. The maximum Gasteiger partial charge on any atom is 0.339 e. The fourth-order valence-corrected chi connectivity index (χ4v) is 5.29. The molecule has 5 rings (SSSR count). The van der Waals surface area contributed by atoms with Crippen LogP contribution in [0.5, 0.6) is 5.75 Å². The predicted octanol–water partition coefficient (Wildman–Crippen LogP) is 4.62. The second-order valence-corrected chi connectivity index (χ2v) is 10.4. The molecule has 1 aromatic heterocycles. The molecule has 0 atom stereocenters. The SMILES string of the molecule is CN1C(C(=O)Nc2ccccn2)=C(O)c2ccccc2S1(=O)=O.O=C(O)c1cc(-c2ccc(F)cc2F)ccc1O. The maximum absolute atomic E-state index is 13.5. The van der Waals surface area contributed by atoms with Crippen molar-refractivity contribution in [2.45, 2.75) is 4.90 Å². The number of aliphatic hydroxyl groups excluding tert-OH is 1. The number of amides is 1. The zero-order valence-corrected chi connectivity index (χ0v) is 21.9. The van der Waals surface area contributed by atoms with E-state index in [2.05, 4.69) is 10.3 Å². The highest BCUT2D eigenvalue weighted by Gasteiger charge is 2.37. The molecule has 1 aliphatic rings. The van der Waals surface area contributed by atoms with Gasteiger partial charge in [0.1, 0.15) is 28.8 Å². The minimum Gasteiger partial charge on any atom is -0.507 e. The van der Waals surface area contributed by atoms with E-state index in [1.165, 1.54) is 37.5 Å². The Balaban J connectivity index is 0.000000195. The van der Waals surface area contributed by atoms with Crippen LogP contribution in [-0.2, 0) is 14.8 Å². The van der Waals surface area contributed by atoms with Gasteiger partial charge in [-0.15, -0.1) is 0 Å². The lowest BCUT2D eigenvalue weighted by Gasteiger charge is -2.28. The highest BCUT2D eigenvalue weighted by atomic mass is 32.2. The van der Waals surface area contributed by atoms with Gasteiger partial charge in [0, 0.05) is 30.4 Å². The number of nitrogens with zero attached hydrogens (tertiary/aromatic N) is 2. The van der Waals surface area contributed by atoms with E-state index in [1.807, 2.05) is 0 Å². The lowest BCUT2D eigenvalue weighted by Crippen LogP contribution is -2.37. The summed E-state index contributed by atoms with van der Waals surface area (Å²) in [5.41, 5.74) is -0.274. The zero-order chi connectivity index (χ0) is 29.9. The maximum atomic E-state index is 13.5. The van der Waals surface area contributed by atoms with Gasteiger partial charge < -0.3 is 20.6 Å². The molecule has 2 heterocycles. The van der Waals surface area contributed by atoms with E-state index in [4.69, 9.17) is 5.11 Å². The Kier molecular flexibility index (Phi) is 8.01. The van der Waals surface area contributed by atoms with Crippen molar-refractivity contribution in [3.8, 4) is 16.9 Å². The molecule has 0 unspecified atom stereocenters. The fourth-order valence-electron chi connectivity index (χ4n) is 3.89. The summed E-state index contributed by atoms with van der Waals surface area (Å²) in [4.78, 5) is 27.1. The molecule has 0 bridgehead atoms. The van der Waals surface area contributed by atoms with Crippen molar-refractivity contribution in [3.05, 3.63) is 114 Å². The smallest absolute Gasteiger partial charge is 0.339 e. The van der Waals surface area contributed by atoms with Gasteiger partial charge in [0.05, 0.1) is 4.90 Å². The molecule has 41 heavy (non-hydrogen) atoms. The Morgan fingerprint density at radius 3 is 2.27 bits per heavy atom. The van der Waals surface area contributed by atoms with Crippen LogP contribution in [0.2, 0.25) is 0 Å². The number of anilines is 1. The number of rotatable bonds is 4. The number of carboxylic acid groups (broad SMARTS) is 1. The van der Waals surface area contributed by atoms with E-state index in [-0.39, 0.29) is 38.7 Å². The number of carbonyl (C=O) groups excluding carboxylic acids is 1. The highest BCUT2D eigenvalue weighted by molar-refractivity contribution is 7.89. The molecule has 0 aliphatic carbocycles. The number of sulfonamides is 1.